The molecule has 1 saturated heterocycles. The molecule has 1 fully saturated rings. The number of carbonyl (C=O) groups is 1. The zero-order valence-corrected chi connectivity index (χ0v) is 15.9. The summed E-state index contributed by atoms with van der Waals surface area (Å²) < 4.78 is 1.75. The largest absolute Gasteiger partial charge is 0.337 e. The molecule has 0 radical (unpaired) electrons. The van der Waals surface area contributed by atoms with Crippen molar-refractivity contribution in [3.8, 4) is 0 Å². The number of amides is 1. The van der Waals surface area contributed by atoms with Crippen LogP contribution in [0.5, 0.6) is 0 Å². The quantitative estimate of drug-likeness (QED) is 0.409. The van der Waals surface area contributed by atoms with Crippen LogP contribution in [0, 0.1) is 0 Å². The van der Waals surface area contributed by atoms with Gasteiger partial charge in [0.2, 0.25) is 0 Å². The molecule has 2 aromatic carbocycles. The minimum atomic E-state index is -0.0452. The highest BCUT2D eigenvalue weighted by Gasteiger charge is 2.24. The minimum Gasteiger partial charge on any atom is -0.337 e. The summed E-state index contributed by atoms with van der Waals surface area (Å²) in [5.41, 5.74) is 2.78. The van der Waals surface area contributed by atoms with Crippen molar-refractivity contribution in [1.29, 1.82) is 0 Å². The lowest BCUT2D eigenvalue weighted by molar-refractivity contribution is 0.0719. The number of benzene rings is 2. The van der Waals surface area contributed by atoms with Crippen LogP contribution in [0.2, 0.25) is 0 Å². The number of aromatic nitrogens is 2. The summed E-state index contributed by atoms with van der Waals surface area (Å²) in [6, 6.07) is 17.3. The first-order chi connectivity index (χ1) is 14.2. The Balaban J connectivity index is 1.77. The topological polar surface area (TPSA) is 54.7 Å². The molecule has 5 aromatic rings. The van der Waals surface area contributed by atoms with E-state index in [-0.39, 0.29) is 11.5 Å². The van der Waals surface area contributed by atoms with Crippen LogP contribution in [0.25, 0.3) is 38.1 Å². The monoisotopic (exact) mass is 381 g/mol. The van der Waals surface area contributed by atoms with Crippen molar-refractivity contribution in [2.45, 2.75) is 19.3 Å². The maximum atomic E-state index is 13.3. The summed E-state index contributed by atoms with van der Waals surface area (Å²) in [5, 5.41) is 3.30. The van der Waals surface area contributed by atoms with E-state index in [1.807, 2.05) is 59.5 Å². The Morgan fingerprint density at radius 1 is 0.828 bits per heavy atom. The van der Waals surface area contributed by atoms with Crippen LogP contribution < -0.4 is 5.56 Å². The predicted octanol–water partition coefficient (Wildman–Crippen LogP) is 4.22. The highest BCUT2D eigenvalue weighted by atomic mass is 16.2. The lowest BCUT2D eigenvalue weighted by atomic mass is 10.1. The van der Waals surface area contributed by atoms with Gasteiger partial charge >= 0.3 is 0 Å². The van der Waals surface area contributed by atoms with Crippen LogP contribution in [-0.2, 0) is 0 Å². The second-order valence-corrected chi connectivity index (χ2v) is 7.81. The van der Waals surface area contributed by atoms with Crippen molar-refractivity contribution in [1.82, 2.24) is 14.3 Å². The molecule has 0 bridgehead atoms. The van der Waals surface area contributed by atoms with Gasteiger partial charge in [-0.25, -0.2) is 4.98 Å². The second kappa shape index (κ2) is 6.01. The summed E-state index contributed by atoms with van der Waals surface area (Å²) >= 11 is 0. The number of pyridine rings is 2. The molecule has 6 rings (SSSR count). The number of likely N-dealkylation sites (tertiary alicyclic amines) is 1. The van der Waals surface area contributed by atoms with Gasteiger partial charge in [0, 0.05) is 34.6 Å². The normalized spacial score (nSPS) is 15.1. The first-order valence-corrected chi connectivity index (χ1v) is 10.1. The van der Waals surface area contributed by atoms with E-state index in [9.17, 15) is 9.59 Å². The molecule has 4 heterocycles. The second-order valence-electron chi connectivity index (χ2n) is 7.81. The average Bonchev–Trinajstić information content (AvgIpc) is 3.12. The number of fused-ring (bicyclic) bond motifs is 5. The Morgan fingerprint density at radius 2 is 1.52 bits per heavy atom. The van der Waals surface area contributed by atoms with Crippen molar-refractivity contribution in [3.63, 3.8) is 0 Å². The first kappa shape index (κ1) is 16.5. The van der Waals surface area contributed by atoms with E-state index < -0.39 is 0 Å². The zero-order chi connectivity index (χ0) is 19.5. The molecular formula is C24H19N3O2. The summed E-state index contributed by atoms with van der Waals surface area (Å²) in [6.07, 6.45) is 3.25. The van der Waals surface area contributed by atoms with Crippen molar-refractivity contribution in [3.05, 3.63) is 70.6 Å². The predicted molar refractivity (Wildman–Crippen MR) is 115 cm³/mol. The van der Waals surface area contributed by atoms with E-state index in [4.69, 9.17) is 4.98 Å². The molecule has 0 N–H and O–H groups in total. The van der Waals surface area contributed by atoms with Crippen LogP contribution >= 0.6 is 0 Å². The highest BCUT2D eigenvalue weighted by molar-refractivity contribution is 6.20. The third-order valence-electron chi connectivity index (χ3n) is 6.13. The van der Waals surface area contributed by atoms with Gasteiger partial charge in [0.05, 0.1) is 16.6 Å². The molecule has 142 valence electrons. The molecule has 29 heavy (non-hydrogen) atoms. The average molecular weight is 381 g/mol. The third kappa shape index (κ3) is 2.24. The fraction of sp³-hybridized carbons (Fsp3) is 0.208. The third-order valence-corrected chi connectivity index (χ3v) is 6.13. The van der Waals surface area contributed by atoms with Gasteiger partial charge in [-0.15, -0.1) is 0 Å². The maximum absolute atomic E-state index is 13.3. The van der Waals surface area contributed by atoms with Gasteiger partial charge < -0.3 is 4.90 Å². The highest BCUT2D eigenvalue weighted by Crippen LogP contribution is 2.34. The first-order valence-electron chi connectivity index (χ1n) is 10.1. The van der Waals surface area contributed by atoms with Crippen LogP contribution in [0.1, 0.15) is 29.8 Å². The number of carbonyl (C=O) groups excluding carboxylic acids is 1. The van der Waals surface area contributed by atoms with Crippen LogP contribution in [0.3, 0.4) is 0 Å². The van der Waals surface area contributed by atoms with Gasteiger partial charge in [-0.2, -0.15) is 0 Å². The minimum absolute atomic E-state index is 0.0194. The Hall–Kier alpha value is -3.47. The van der Waals surface area contributed by atoms with Crippen molar-refractivity contribution < 1.29 is 4.79 Å². The lowest BCUT2D eigenvalue weighted by Gasteiger charge is -2.26. The van der Waals surface area contributed by atoms with Crippen LogP contribution in [0.15, 0.2) is 59.4 Å². The van der Waals surface area contributed by atoms with Crippen LogP contribution in [0.4, 0.5) is 0 Å². The van der Waals surface area contributed by atoms with E-state index >= 15 is 0 Å². The van der Waals surface area contributed by atoms with E-state index in [0.717, 1.165) is 53.1 Å². The van der Waals surface area contributed by atoms with E-state index in [2.05, 4.69) is 0 Å². The number of para-hydroxylation sites is 1. The molecule has 1 amide bonds. The fourth-order valence-electron chi connectivity index (χ4n) is 4.75. The molecule has 0 aliphatic carbocycles. The van der Waals surface area contributed by atoms with Crippen molar-refractivity contribution in [2.24, 2.45) is 0 Å². The number of hydrogen-bond acceptors (Lipinski definition) is 3. The van der Waals surface area contributed by atoms with Gasteiger partial charge in [-0.3, -0.25) is 14.0 Å². The van der Waals surface area contributed by atoms with Gasteiger partial charge in [0.15, 0.2) is 0 Å². The molecule has 5 heteroatoms. The molecule has 5 nitrogen and oxygen atoms in total. The summed E-state index contributed by atoms with van der Waals surface area (Å²) in [4.78, 5) is 33.3. The molecule has 3 aromatic heterocycles. The van der Waals surface area contributed by atoms with Gasteiger partial charge in [-0.1, -0.05) is 36.4 Å². The Labute approximate surface area is 166 Å². The molecule has 0 atom stereocenters. The molecule has 0 saturated carbocycles. The Morgan fingerprint density at radius 3 is 2.31 bits per heavy atom. The van der Waals surface area contributed by atoms with Gasteiger partial charge in [0.25, 0.3) is 11.5 Å². The standard InChI is InChI=1S/C24H19N3O2/c28-23-17-10-3-2-9-16(17)21-22-18(15-8-4-5-11-20(15)27(22)23)14-19(25-21)24(29)26-12-6-1-7-13-26/h2-5,8-11,14H,1,6-7,12-13H2. The molecule has 1 aliphatic rings. The lowest BCUT2D eigenvalue weighted by Crippen LogP contribution is -2.36. The van der Waals surface area contributed by atoms with Gasteiger partial charge in [0.1, 0.15) is 5.69 Å². The van der Waals surface area contributed by atoms with E-state index in [1.54, 1.807) is 4.40 Å². The maximum Gasteiger partial charge on any atom is 0.272 e. The van der Waals surface area contributed by atoms with E-state index in [0.29, 0.717) is 16.6 Å². The molecule has 1 aliphatic heterocycles. The van der Waals surface area contributed by atoms with Crippen LogP contribution in [-0.4, -0.2) is 33.3 Å². The smallest absolute Gasteiger partial charge is 0.272 e. The fourth-order valence-corrected chi connectivity index (χ4v) is 4.75. The Kier molecular flexibility index (Phi) is 3.42. The van der Waals surface area contributed by atoms with Crippen molar-refractivity contribution >= 4 is 44.0 Å². The molecular weight excluding hydrogens is 362 g/mol. The summed E-state index contributed by atoms with van der Waals surface area (Å²) in [7, 11) is 0. The Bertz CT molecular complexity index is 1480. The van der Waals surface area contributed by atoms with E-state index in [1.165, 1.54) is 6.42 Å². The van der Waals surface area contributed by atoms with Gasteiger partial charge in [-0.05, 0) is 37.5 Å². The molecule has 0 spiro atoms. The number of rotatable bonds is 1. The summed E-state index contributed by atoms with van der Waals surface area (Å²) in [6.45, 7) is 1.56. The zero-order valence-electron chi connectivity index (χ0n) is 15.9. The van der Waals surface area contributed by atoms with Crippen molar-refractivity contribution in [2.75, 3.05) is 13.1 Å². The molecule has 0 unspecified atom stereocenters. The number of nitrogens with zero attached hydrogens (tertiary/aromatic N) is 3. The SMILES string of the molecule is O=C(c1cc2c3ccccc3n3c(=O)c4ccccc4c(n1)c23)N1CCCCC1. The number of piperidine rings is 1. The number of hydrogen-bond donors (Lipinski definition) is 0. The summed E-state index contributed by atoms with van der Waals surface area (Å²) in [5.74, 6) is -0.0194.